The van der Waals surface area contributed by atoms with Crippen LogP contribution < -0.4 is 11.1 Å². The lowest BCUT2D eigenvalue weighted by atomic mass is 9.93. The fourth-order valence-electron chi connectivity index (χ4n) is 2.07. The number of hydrogen-bond acceptors (Lipinski definition) is 6. The molecule has 0 saturated heterocycles. The molecule has 0 spiro atoms. The molecule has 108 valence electrons. The highest BCUT2D eigenvalue weighted by Crippen LogP contribution is 2.27. The molecule has 7 nitrogen and oxygen atoms in total. The van der Waals surface area contributed by atoms with Crippen LogP contribution >= 0.6 is 0 Å². The average molecular weight is 278 g/mol. The fourth-order valence-corrected chi connectivity index (χ4v) is 2.07. The van der Waals surface area contributed by atoms with Gasteiger partial charge in [-0.2, -0.15) is 4.98 Å². The van der Waals surface area contributed by atoms with Crippen molar-refractivity contribution in [3.05, 3.63) is 28.3 Å². The molecule has 0 saturated carbocycles. The van der Waals surface area contributed by atoms with Crippen LogP contribution in [0.1, 0.15) is 26.7 Å². The zero-order chi connectivity index (χ0) is 14.8. The first-order valence-corrected chi connectivity index (χ1v) is 6.57. The number of nitrogens with zero attached hydrogens (tertiary/aromatic N) is 2. The molecule has 2 rings (SSSR count). The second-order valence-electron chi connectivity index (χ2n) is 4.74. The van der Waals surface area contributed by atoms with E-state index in [2.05, 4.69) is 10.3 Å². The van der Waals surface area contributed by atoms with Crippen LogP contribution in [-0.4, -0.2) is 22.0 Å². The Bertz CT molecular complexity index is 611. The minimum absolute atomic E-state index is 0.0173. The van der Waals surface area contributed by atoms with Gasteiger partial charge in [-0.15, -0.1) is 0 Å². The lowest BCUT2D eigenvalue weighted by molar-refractivity contribution is -0.384. The largest absolute Gasteiger partial charge is 0.423 e. The number of nitrogens with two attached hydrogens (primary N) is 1. The predicted molar refractivity (Wildman–Crippen MR) is 76.7 cm³/mol. The Morgan fingerprint density at radius 1 is 1.45 bits per heavy atom. The Kier molecular flexibility index (Phi) is 3.89. The monoisotopic (exact) mass is 278 g/mol. The Balaban J connectivity index is 2.34. The highest BCUT2D eigenvalue weighted by atomic mass is 16.6. The summed E-state index contributed by atoms with van der Waals surface area (Å²) in [5, 5.41) is 13.9. The van der Waals surface area contributed by atoms with Crippen molar-refractivity contribution in [1.29, 1.82) is 0 Å². The molecule has 1 heterocycles. The second-order valence-corrected chi connectivity index (χ2v) is 4.74. The number of nitro benzene ring substituents is 1. The minimum Gasteiger partial charge on any atom is -0.423 e. The zero-order valence-corrected chi connectivity index (χ0v) is 11.5. The lowest BCUT2D eigenvalue weighted by Crippen LogP contribution is -2.44. The number of oxazole rings is 1. The maximum Gasteiger partial charge on any atom is 0.296 e. The molecule has 0 aliphatic rings. The van der Waals surface area contributed by atoms with E-state index >= 15 is 0 Å². The predicted octanol–water partition coefficient (Wildman–Crippen LogP) is 2.67. The number of fused-ring (bicyclic) bond motifs is 1. The third kappa shape index (κ3) is 2.57. The Labute approximate surface area is 116 Å². The quantitative estimate of drug-likeness (QED) is 0.621. The van der Waals surface area contributed by atoms with Crippen LogP contribution in [0.25, 0.3) is 11.1 Å². The summed E-state index contributed by atoms with van der Waals surface area (Å²) in [4.78, 5) is 14.6. The van der Waals surface area contributed by atoms with Gasteiger partial charge in [-0.1, -0.05) is 13.8 Å². The van der Waals surface area contributed by atoms with Gasteiger partial charge in [0, 0.05) is 12.6 Å². The average Bonchev–Trinajstić information content (AvgIpc) is 2.85. The molecule has 0 fully saturated rings. The van der Waals surface area contributed by atoms with E-state index in [-0.39, 0.29) is 11.2 Å². The maximum atomic E-state index is 10.7. The summed E-state index contributed by atoms with van der Waals surface area (Å²) < 4.78 is 5.54. The summed E-state index contributed by atoms with van der Waals surface area (Å²) in [6.45, 7) is 4.53. The van der Waals surface area contributed by atoms with Crippen LogP contribution in [0, 0.1) is 10.1 Å². The first-order chi connectivity index (χ1) is 9.53. The summed E-state index contributed by atoms with van der Waals surface area (Å²) in [5.41, 5.74) is 6.49. The molecular weight excluding hydrogens is 260 g/mol. The number of rotatable bonds is 6. The van der Waals surface area contributed by atoms with E-state index < -0.39 is 4.92 Å². The van der Waals surface area contributed by atoms with Gasteiger partial charge >= 0.3 is 0 Å². The third-order valence-corrected chi connectivity index (χ3v) is 3.70. The van der Waals surface area contributed by atoms with E-state index in [1.165, 1.54) is 12.1 Å². The third-order valence-electron chi connectivity index (χ3n) is 3.70. The topological polar surface area (TPSA) is 107 Å². The number of benzene rings is 1. The summed E-state index contributed by atoms with van der Waals surface area (Å²) in [5.74, 6) is 0. The summed E-state index contributed by atoms with van der Waals surface area (Å²) in [7, 11) is 0. The van der Waals surface area contributed by atoms with Gasteiger partial charge in [0.1, 0.15) is 5.52 Å². The molecule has 0 aliphatic heterocycles. The van der Waals surface area contributed by atoms with Gasteiger partial charge in [0.15, 0.2) is 5.58 Å². The Hall–Kier alpha value is -2.15. The van der Waals surface area contributed by atoms with Crippen molar-refractivity contribution in [2.75, 3.05) is 11.9 Å². The number of non-ortho nitro benzene ring substituents is 1. The van der Waals surface area contributed by atoms with Crippen LogP contribution in [0.4, 0.5) is 11.7 Å². The summed E-state index contributed by atoms with van der Waals surface area (Å²) >= 11 is 0. The first-order valence-electron chi connectivity index (χ1n) is 6.57. The van der Waals surface area contributed by atoms with Crippen LogP contribution in [0.15, 0.2) is 22.6 Å². The molecule has 3 N–H and O–H groups in total. The van der Waals surface area contributed by atoms with Gasteiger partial charge in [0.25, 0.3) is 11.7 Å². The number of aromatic nitrogens is 1. The van der Waals surface area contributed by atoms with Crippen molar-refractivity contribution >= 4 is 22.8 Å². The SMILES string of the molecule is CCC(CC)(CN)Nc1nc2ccc([N+](=O)[O-])cc2o1. The highest BCUT2D eigenvalue weighted by Gasteiger charge is 2.26. The smallest absolute Gasteiger partial charge is 0.296 e. The maximum absolute atomic E-state index is 10.7. The molecular formula is C13H18N4O3. The van der Waals surface area contributed by atoms with Crippen LogP contribution in [0.3, 0.4) is 0 Å². The van der Waals surface area contributed by atoms with E-state index in [9.17, 15) is 10.1 Å². The molecule has 20 heavy (non-hydrogen) atoms. The number of anilines is 1. The van der Waals surface area contributed by atoms with E-state index in [1.54, 1.807) is 6.07 Å². The lowest BCUT2D eigenvalue weighted by Gasteiger charge is -2.30. The minimum atomic E-state index is -0.461. The van der Waals surface area contributed by atoms with Crippen molar-refractivity contribution in [3.63, 3.8) is 0 Å². The number of nitrogens with one attached hydrogen (secondary N) is 1. The van der Waals surface area contributed by atoms with E-state index in [4.69, 9.17) is 10.2 Å². The standard InChI is InChI=1S/C13H18N4O3/c1-3-13(4-2,8-14)16-12-15-10-6-5-9(17(18)19)7-11(10)20-12/h5-7H,3-4,8,14H2,1-2H3,(H,15,16). The fraction of sp³-hybridized carbons (Fsp3) is 0.462. The van der Waals surface area contributed by atoms with Gasteiger partial charge < -0.3 is 15.5 Å². The van der Waals surface area contributed by atoms with Crippen molar-refractivity contribution < 1.29 is 9.34 Å². The van der Waals surface area contributed by atoms with E-state index in [0.717, 1.165) is 12.8 Å². The first kappa shape index (κ1) is 14.3. The summed E-state index contributed by atoms with van der Waals surface area (Å²) in [6, 6.07) is 4.69. The van der Waals surface area contributed by atoms with E-state index in [1.807, 2.05) is 13.8 Å². The molecule has 0 aliphatic carbocycles. The molecule has 2 aromatic rings. The Morgan fingerprint density at radius 3 is 2.70 bits per heavy atom. The normalized spacial score (nSPS) is 11.8. The van der Waals surface area contributed by atoms with Crippen LogP contribution in [-0.2, 0) is 0 Å². The molecule has 1 aromatic carbocycles. The molecule has 0 atom stereocenters. The van der Waals surface area contributed by atoms with Gasteiger partial charge in [-0.25, -0.2) is 0 Å². The second kappa shape index (κ2) is 5.46. The van der Waals surface area contributed by atoms with E-state index in [0.29, 0.717) is 23.7 Å². The summed E-state index contributed by atoms with van der Waals surface area (Å²) in [6.07, 6.45) is 1.66. The molecule has 1 aromatic heterocycles. The van der Waals surface area contributed by atoms with Crippen molar-refractivity contribution in [3.8, 4) is 0 Å². The zero-order valence-electron chi connectivity index (χ0n) is 11.5. The molecule has 0 unspecified atom stereocenters. The van der Waals surface area contributed by atoms with Gasteiger partial charge in [0.05, 0.1) is 16.5 Å². The van der Waals surface area contributed by atoms with Gasteiger partial charge in [-0.3, -0.25) is 10.1 Å². The molecule has 0 amide bonds. The molecule has 0 radical (unpaired) electrons. The van der Waals surface area contributed by atoms with Crippen LogP contribution in [0.5, 0.6) is 0 Å². The highest BCUT2D eigenvalue weighted by molar-refractivity contribution is 5.77. The molecule has 7 heteroatoms. The molecule has 0 bridgehead atoms. The van der Waals surface area contributed by atoms with Crippen molar-refractivity contribution in [2.24, 2.45) is 5.73 Å². The van der Waals surface area contributed by atoms with Crippen LogP contribution in [0.2, 0.25) is 0 Å². The van der Waals surface area contributed by atoms with Crippen molar-refractivity contribution in [1.82, 2.24) is 4.98 Å². The number of nitro groups is 1. The van der Waals surface area contributed by atoms with Crippen molar-refractivity contribution in [2.45, 2.75) is 32.2 Å². The van der Waals surface area contributed by atoms with Gasteiger partial charge in [0.2, 0.25) is 0 Å². The van der Waals surface area contributed by atoms with Gasteiger partial charge in [-0.05, 0) is 18.9 Å². The number of hydrogen-bond donors (Lipinski definition) is 2. The Morgan fingerprint density at radius 2 is 2.15 bits per heavy atom.